The summed E-state index contributed by atoms with van der Waals surface area (Å²) in [5.41, 5.74) is 30.4. The van der Waals surface area contributed by atoms with Crippen LogP contribution in [0.25, 0.3) is 20.5 Å². The number of nitrogens with one attached hydrogen (secondary N) is 6. The number of nitrogens with zero attached hydrogens (tertiary/aromatic N) is 5. The minimum Gasteiger partial charge on any atom is -0.380 e. The first-order chi connectivity index (χ1) is 54.5. The molecule has 18 heteroatoms. The Morgan fingerprint density at radius 1 is 0.384 bits per heavy atom. The zero-order chi connectivity index (χ0) is 77.7. The minimum absolute atomic E-state index is 0.0874. The number of halogens is 1. The molecule has 6 aromatic heterocycles. The molecule has 11 nitrogen and oxygen atoms in total. The average molecular weight is 1600 g/mol. The Balaban J connectivity index is 0.000000107. The Hall–Kier alpha value is -9.40. The summed E-state index contributed by atoms with van der Waals surface area (Å²) in [6, 6.07) is 47.4. The second-order valence-electron chi connectivity index (χ2n) is 30.3. The third-order valence-electron chi connectivity index (χ3n) is 23.1. The number of aliphatic imine (C=N–C) groups is 5. The molecule has 0 radical (unpaired) electrons. The highest BCUT2D eigenvalue weighted by atomic mass is 32.1. The van der Waals surface area contributed by atoms with E-state index in [0.29, 0.717) is 18.1 Å². The number of thiophene rings is 6. The second-order valence-corrected chi connectivity index (χ2v) is 36.2. The number of benzene rings is 5. The summed E-state index contributed by atoms with van der Waals surface area (Å²) in [6.45, 7) is 25.6. The molecular weight excluding hydrogens is 1490 g/mol. The number of amidine groups is 2. The molecule has 3 aliphatic carbocycles. The van der Waals surface area contributed by atoms with E-state index in [9.17, 15) is 4.39 Å². The maximum Gasteiger partial charge on any atom is 0.179 e. The minimum atomic E-state index is -0.103. The molecule has 5 aromatic carbocycles. The van der Waals surface area contributed by atoms with Gasteiger partial charge >= 0.3 is 0 Å². The van der Waals surface area contributed by atoms with Crippen LogP contribution in [-0.2, 0) is 0 Å². The van der Waals surface area contributed by atoms with E-state index < -0.39 is 0 Å². The monoisotopic (exact) mass is 1590 g/mol. The zero-order valence-electron chi connectivity index (χ0n) is 66.1. The number of allylic oxidation sites excluding steroid dienone is 4. The quantitative estimate of drug-likeness (QED) is 0.0941. The maximum absolute atomic E-state index is 13.7. The Labute approximate surface area is 684 Å². The summed E-state index contributed by atoms with van der Waals surface area (Å²) in [5.74, 6) is 2.15. The lowest BCUT2D eigenvalue weighted by molar-refractivity contribution is 0.587. The molecule has 0 bridgehead atoms. The van der Waals surface area contributed by atoms with E-state index in [1.165, 1.54) is 205 Å². The highest BCUT2D eigenvalue weighted by molar-refractivity contribution is 7.19. The lowest BCUT2D eigenvalue weighted by Crippen LogP contribution is -2.29. The Kier molecular flexibility index (Phi) is 24.3. The first-order valence-corrected chi connectivity index (χ1v) is 44.4. The third-order valence-corrected chi connectivity index (χ3v) is 30.8. The van der Waals surface area contributed by atoms with Crippen LogP contribution >= 0.6 is 68.0 Å². The molecule has 112 heavy (non-hydrogen) atoms. The van der Waals surface area contributed by atoms with Gasteiger partial charge in [-0.1, -0.05) is 103 Å². The molecular formula is C94H100FN11S6. The number of hydrogen-bond donors (Lipinski definition) is 6. The van der Waals surface area contributed by atoms with Crippen LogP contribution in [-0.4, -0.2) is 30.7 Å². The van der Waals surface area contributed by atoms with Gasteiger partial charge in [0.25, 0.3) is 0 Å². The maximum atomic E-state index is 13.7. The van der Waals surface area contributed by atoms with Crippen LogP contribution in [0.5, 0.6) is 0 Å². The van der Waals surface area contributed by atoms with Crippen molar-refractivity contribution in [2.24, 2.45) is 25.0 Å². The smallest absolute Gasteiger partial charge is 0.179 e. The highest BCUT2D eigenvalue weighted by Gasteiger charge is 2.33. The standard InChI is InChI=1S/C19H16N2S.C17H14N2S.C15H20N2S.C15H19NS.C14H13FN2S.C14H18N2S/c1-13-11-17(14-7-3-2-4-8-14)22-19(13)18-15-9-5-6-10-16(15)20-12-21-18;1-11-12-6-3-5-9-15(12)20-17(11)16-13-7-2-4-8-14(13)18-10-19-16;1-9-8-18-15(10(9)2)14-12-6-4-5-7-13(12)16-11(3)17-14;1-10-9-17-15(11(10)2)14-13-6-4-3-5-12(13)7-8-16-14;1-8-9(2)14(15)18-13(8)12-10-5-3-4-6-11(10)16-7-17-12;1-8-7-17-14(9(8)2)13-11-5-4-6-12(11)15-10(3)16-13/h2-12,18H,1H3,(H,20,21);2-10,16H,1H3,(H,18,19);8,14H,4-7H2,1-3H3,(H,16,17);7-9,14,16H,3-6H2,1-2H3;3-7,12H,1-2H3,(H,16,17);7,13H,4-6H2,1-3H3,(H,15,16). The van der Waals surface area contributed by atoms with E-state index in [0.717, 1.165) is 50.3 Å². The van der Waals surface area contributed by atoms with Crippen LogP contribution < -0.4 is 31.9 Å². The predicted octanol–water partition coefficient (Wildman–Crippen LogP) is 26.6. The molecule has 20 rings (SSSR count). The normalized spacial score (nSPS) is 19.9. The molecule has 6 unspecified atom stereocenters. The molecule has 0 amide bonds. The van der Waals surface area contributed by atoms with Crippen LogP contribution in [0.2, 0.25) is 0 Å². The summed E-state index contributed by atoms with van der Waals surface area (Å²) in [4.78, 5) is 32.9. The molecule has 0 spiro atoms. The van der Waals surface area contributed by atoms with Crippen molar-refractivity contribution in [1.82, 2.24) is 16.0 Å². The van der Waals surface area contributed by atoms with Crippen LogP contribution in [0.1, 0.15) is 222 Å². The highest BCUT2D eigenvalue weighted by Crippen LogP contribution is 2.49. The summed E-state index contributed by atoms with van der Waals surface area (Å²) < 4.78 is 15.0. The Morgan fingerprint density at radius 3 is 1.36 bits per heavy atom. The predicted molar refractivity (Wildman–Crippen MR) is 482 cm³/mol. The second kappa shape index (κ2) is 34.9. The topological polar surface area (TPSA) is 134 Å². The van der Waals surface area contributed by atoms with Gasteiger partial charge in [-0.25, -0.2) is 0 Å². The number of dihydropyridines is 1. The lowest BCUT2D eigenvalue weighted by Gasteiger charge is -2.30. The zero-order valence-corrected chi connectivity index (χ0v) is 71.0. The molecule has 9 aliphatic rings. The van der Waals surface area contributed by atoms with Crippen molar-refractivity contribution < 1.29 is 4.39 Å². The molecule has 0 saturated heterocycles. The fourth-order valence-electron chi connectivity index (χ4n) is 16.3. The van der Waals surface area contributed by atoms with E-state index in [4.69, 9.17) is 9.98 Å². The molecule has 6 N–H and O–H groups in total. The van der Waals surface area contributed by atoms with Crippen molar-refractivity contribution in [2.75, 3.05) is 16.0 Å². The van der Waals surface area contributed by atoms with Gasteiger partial charge in [0.05, 0.1) is 36.7 Å². The molecule has 12 heterocycles. The SMILES string of the molecule is CC1=NC(c2scc(C)c2C)C2=C(CCC2)N1.CC1=NC(c2scc(C)c2C)C2=C(CCCC2)N1.Cc1c(C2N=CNc3ccccc32)sc2ccccc12.Cc1c(F)sc(C2N=CNc3ccccc32)c1C.Cc1cc(-c2ccccc2)sc1C1N=CNc2ccccc21.Cc1csc(C2NC=CC3=C2CCCC3)c1C. The number of aryl methyl sites for hydroxylation is 5. The van der Waals surface area contributed by atoms with Gasteiger partial charge in [0.15, 0.2) is 5.13 Å². The summed E-state index contributed by atoms with van der Waals surface area (Å²) in [6.07, 6.45) is 23.7. The molecule has 574 valence electrons. The number of fused-ring (bicyclic) bond motifs is 4. The first-order valence-electron chi connectivity index (χ1n) is 39.3. The van der Waals surface area contributed by atoms with Gasteiger partial charge in [0, 0.05) is 84.0 Å². The van der Waals surface area contributed by atoms with Crippen molar-refractivity contribution in [3.8, 4) is 10.4 Å². The molecule has 6 aliphatic heterocycles. The summed E-state index contributed by atoms with van der Waals surface area (Å²) >= 11 is 10.5. The van der Waals surface area contributed by atoms with E-state index in [1.54, 1.807) is 17.5 Å². The van der Waals surface area contributed by atoms with Gasteiger partial charge in [-0.3, -0.25) is 25.0 Å². The number of hydrogen-bond acceptors (Lipinski definition) is 17. The van der Waals surface area contributed by atoms with Gasteiger partial charge in [-0.15, -0.1) is 68.0 Å². The van der Waals surface area contributed by atoms with Gasteiger partial charge in [0.2, 0.25) is 0 Å². The van der Waals surface area contributed by atoms with Crippen molar-refractivity contribution in [2.45, 2.75) is 190 Å². The summed E-state index contributed by atoms with van der Waals surface area (Å²) in [7, 11) is 0. The van der Waals surface area contributed by atoms with Crippen LogP contribution in [0.3, 0.4) is 0 Å². The molecule has 11 aromatic rings. The van der Waals surface area contributed by atoms with Gasteiger partial charge in [0.1, 0.15) is 30.2 Å². The third kappa shape index (κ3) is 16.5. The molecule has 6 atom stereocenters. The average Bonchev–Trinajstić information content (AvgIpc) is 1.56. The van der Waals surface area contributed by atoms with Crippen molar-refractivity contribution in [1.29, 1.82) is 0 Å². The molecule has 0 fully saturated rings. The Morgan fingerprint density at radius 2 is 0.839 bits per heavy atom. The van der Waals surface area contributed by atoms with Gasteiger partial charge in [-0.05, 0) is 301 Å². The fraction of sp³-hybridized carbons (Fsp3) is 0.309. The van der Waals surface area contributed by atoms with Gasteiger partial charge < -0.3 is 31.9 Å². The van der Waals surface area contributed by atoms with Crippen molar-refractivity contribution in [3.05, 3.63) is 302 Å². The van der Waals surface area contributed by atoms with E-state index in [1.807, 2.05) is 107 Å². The number of para-hydroxylation sites is 3. The summed E-state index contributed by atoms with van der Waals surface area (Å²) in [5, 5.41) is 28.1. The van der Waals surface area contributed by atoms with E-state index >= 15 is 0 Å². The van der Waals surface area contributed by atoms with Gasteiger partial charge in [-0.2, -0.15) is 4.39 Å². The van der Waals surface area contributed by atoms with E-state index in [2.05, 4.69) is 254 Å². The largest absolute Gasteiger partial charge is 0.380 e. The fourth-order valence-corrected chi connectivity index (χ4v) is 23.4. The van der Waals surface area contributed by atoms with E-state index in [-0.39, 0.29) is 23.3 Å². The number of anilines is 3. The van der Waals surface area contributed by atoms with Crippen LogP contribution in [0, 0.1) is 74.4 Å². The van der Waals surface area contributed by atoms with Crippen molar-refractivity contribution in [3.63, 3.8) is 0 Å². The van der Waals surface area contributed by atoms with Crippen LogP contribution in [0.4, 0.5) is 21.5 Å². The molecule has 0 saturated carbocycles. The van der Waals surface area contributed by atoms with Crippen LogP contribution in [0.15, 0.2) is 221 Å². The number of rotatable bonds is 7. The van der Waals surface area contributed by atoms with Crippen molar-refractivity contribution >= 4 is 126 Å². The lowest BCUT2D eigenvalue weighted by atomic mass is 9.84. The first kappa shape index (κ1) is 77.9. The Bertz CT molecular complexity index is 5580.